The molecular formula is C17H14ClN3O2. The van der Waals surface area contributed by atoms with Crippen molar-refractivity contribution in [2.24, 2.45) is 0 Å². The molecule has 1 aliphatic rings. The molecule has 6 heteroatoms. The molecule has 1 aromatic heterocycles. The predicted octanol–water partition coefficient (Wildman–Crippen LogP) is 2.22. The number of aliphatic hydroxyl groups is 1. The van der Waals surface area contributed by atoms with Crippen LogP contribution in [-0.4, -0.2) is 33.9 Å². The number of hydrogen-bond donors (Lipinski definition) is 1. The molecule has 23 heavy (non-hydrogen) atoms. The zero-order chi connectivity index (χ0) is 16.0. The number of aliphatic hydroxyl groups excluding tert-OH is 1. The topological polar surface area (TPSA) is 58.4 Å². The molecular weight excluding hydrogens is 314 g/mol. The second-order valence-electron chi connectivity index (χ2n) is 5.61. The molecule has 1 aliphatic heterocycles. The Morgan fingerprint density at radius 3 is 2.57 bits per heavy atom. The lowest BCUT2D eigenvalue weighted by molar-refractivity contribution is 0.141. The number of aromatic nitrogens is 2. The SMILES string of the molecule is O=c1nc(N2CC(O)C2)c2ccc(Cl)cc2n1-c1ccccc1. The van der Waals surface area contributed by atoms with E-state index in [-0.39, 0.29) is 11.8 Å². The second kappa shape index (κ2) is 5.37. The van der Waals surface area contributed by atoms with Gasteiger partial charge in [0.15, 0.2) is 0 Å². The van der Waals surface area contributed by atoms with Gasteiger partial charge in [0.05, 0.1) is 17.3 Å². The Kier molecular flexibility index (Phi) is 3.32. The van der Waals surface area contributed by atoms with Gasteiger partial charge in [0.2, 0.25) is 0 Å². The van der Waals surface area contributed by atoms with E-state index in [9.17, 15) is 9.90 Å². The molecule has 0 amide bonds. The number of nitrogens with zero attached hydrogens (tertiary/aromatic N) is 3. The smallest absolute Gasteiger partial charge is 0.354 e. The molecule has 1 saturated heterocycles. The van der Waals surface area contributed by atoms with Crippen LogP contribution >= 0.6 is 11.6 Å². The van der Waals surface area contributed by atoms with Crippen molar-refractivity contribution in [3.05, 3.63) is 64.0 Å². The quantitative estimate of drug-likeness (QED) is 0.784. The van der Waals surface area contributed by atoms with E-state index in [0.717, 1.165) is 11.1 Å². The molecule has 2 heterocycles. The third-order valence-corrected chi connectivity index (χ3v) is 4.25. The van der Waals surface area contributed by atoms with Crippen LogP contribution in [-0.2, 0) is 0 Å². The molecule has 1 fully saturated rings. The molecule has 4 rings (SSSR count). The van der Waals surface area contributed by atoms with E-state index in [0.29, 0.717) is 29.4 Å². The van der Waals surface area contributed by atoms with Crippen molar-refractivity contribution >= 4 is 28.3 Å². The monoisotopic (exact) mass is 327 g/mol. The van der Waals surface area contributed by atoms with Crippen LogP contribution < -0.4 is 10.6 Å². The average molecular weight is 328 g/mol. The van der Waals surface area contributed by atoms with Crippen LogP contribution in [0, 0.1) is 0 Å². The van der Waals surface area contributed by atoms with Crippen molar-refractivity contribution < 1.29 is 5.11 Å². The van der Waals surface area contributed by atoms with Crippen LogP contribution in [0.15, 0.2) is 53.3 Å². The summed E-state index contributed by atoms with van der Waals surface area (Å²) in [6.07, 6.45) is -0.365. The summed E-state index contributed by atoms with van der Waals surface area (Å²) >= 11 is 6.14. The normalized spacial score (nSPS) is 15.0. The van der Waals surface area contributed by atoms with E-state index < -0.39 is 0 Å². The number of rotatable bonds is 2. The molecule has 116 valence electrons. The molecule has 0 spiro atoms. The van der Waals surface area contributed by atoms with E-state index in [1.54, 1.807) is 16.7 Å². The van der Waals surface area contributed by atoms with Gasteiger partial charge in [0.25, 0.3) is 0 Å². The fourth-order valence-electron chi connectivity index (χ4n) is 2.88. The van der Waals surface area contributed by atoms with Gasteiger partial charge < -0.3 is 10.0 Å². The summed E-state index contributed by atoms with van der Waals surface area (Å²) in [6.45, 7) is 0.971. The first-order valence-corrected chi connectivity index (χ1v) is 7.72. The molecule has 0 bridgehead atoms. The average Bonchev–Trinajstić information content (AvgIpc) is 2.52. The summed E-state index contributed by atoms with van der Waals surface area (Å²) in [5.41, 5.74) is 1.09. The number of hydrogen-bond acceptors (Lipinski definition) is 4. The van der Waals surface area contributed by atoms with Crippen LogP contribution in [0.5, 0.6) is 0 Å². The van der Waals surface area contributed by atoms with Crippen LogP contribution in [0.2, 0.25) is 5.02 Å². The fourth-order valence-corrected chi connectivity index (χ4v) is 3.04. The minimum atomic E-state index is -0.365. The van der Waals surface area contributed by atoms with E-state index in [1.807, 2.05) is 41.3 Å². The fraction of sp³-hybridized carbons (Fsp3) is 0.176. The van der Waals surface area contributed by atoms with Gasteiger partial charge in [-0.2, -0.15) is 4.98 Å². The summed E-state index contributed by atoms with van der Waals surface area (Å²) in [5, 5.41) is 10.9. The maximum absolute atomic E-state index is 12.6. The summed E-state index contributed by atoms with van der Waals surface area (Å²) < 4.78 is 1.56. The van der Waals surface area contributed by atoms with Gasteiger partial charge >= 0.3 is 5.69 Å². The zero-order valence-corrected chi connectivity index (χ0v) is 12.9. The summed E-state index contributed by atoms with van der Waals surface area (Å²) in [6, 6.07) is 14.8. The highest BCUT2D eigenvalue weighted by Gasteiger charge is 2.28. The number of halogens is 1. The summed E-state index contributed by atoms with van der Waals surface area (Å²) in [7, 11) is 0. The number of benzene rings is 2. The molecule has 1 N–H and O–H groups in total. The lowest BCUT2D eigenvalue weighted by atomic mass is 10.1. The van der Waals surface area contributed by atoms with Crippen molar-refractivity contribution in [3.63, 3.8) is 0 Å². The lowest BCUT2D eigenvalue weighted by Gasteiger charge is -2.37. The minimum absolute atomic E-state index is 0.359. The minimum Gasteiger partial charge on any atom is -0.389 e. The van der Waals surface area contributed by atoms with Gasteiger partial charge in [-0.05, 0) is 30.3 Å². The van der Waals surface area contributed by atoms with Crippen molar-refractivity contribution in [3.8, 4) is 5.69 Å². The Balaban J connectivity index is 2.01. The third-order valence-electron chi connectivity index (χ3n) is 4.01. The number of β-amino-alcohol motifs (C(OH)–C–C–N with tert-alkyl or cyclic N) is 1. The van der Waals surface area contributed by atoms with Crippen LogP contribution in [0.1, 0.15) is 0 Å². The van der Waals surface area contributed by atoms with Gasteiger partial charge in [-0.1, -0.05) is 29.8 Å². The highest BCUT2D eigenvalue weighted by molar-refractivity contribution is 6.31. The van der Waals surface area contributed by atoms with Crippen molar-refractivity contribution in [2.45, 2.75) is 6.10 Å². The molecule has 0 saturated carbocycles. The van der Waals surface area contributed by atoms with Gasteiger partial charge in [0, 0.05) is 23.5 Å². The van der Waals surface area contributed by atoms with E-state index >= 15 is 0 Å². The first-order valence-electron chi connectivity index (χ1n) is 7.34. The summed E-state index contributed by atoms with van der Waals surface area (Å²) in [5.74, 6) is 0.596. The molecule has 3 aromatic rings. The Hall–Kier alpha value is -2.37. The lowest BCUT2D eigenvalue weighted by Crippen LogP contribution is -2.51. The molecule has 0 atom stereocenters. The van der Waals surface area contributed by atoms with Gasteiger partial charge in [-0.15, -0.1) is 0 Å². The highest BCUT2D eigenvalue weighted by atomic mass is 35.5. The van der Waals surface area contributed by atoms with Crippen molar-refractivity contribution in [2.75, 3.05) is 18.0 Å². The predicted molar refractivity (Wildman–Crippen MR) is 90.6 cm³/mol. The first kappa shape index (κ1) is 14.2. The highest BCUT2D eigenvalue weighted by Crippen LogP contribution is 2.29. The number of anilines is 1. The van der Waals surface area contributed by atoms with Gasteiger partial charge in [-0.25, -0.2) is 4.79 Å². The van der Waals surface area contributed by atoms with Crippen molar-refractivity contribution in [1.29, 1.82) is 0 Å². The maximum atomic E-state index is 12.6. The van der Waals surface area contributed by atoms with Gasteiger partial charge in [0.1, 0.15) is 5.82 Å². The Morgan fingerprint density at radius 2 is 1.87 bits per heavy atom. The van der Waals surface area contributed by atoms with E-state index in [4.69, 9.17) is 11.6 Å². The van der Waals surface area contributed by atoms with Crippen LogP contribution in [0.3, 0.4) is 0 Å². The molecule has 0 radical (unpaired) electrons. The maximum Gasteiger partial charge on any atom is 0.354 e. The van der Waals surface area contributed by atoms with E-state index in [2.05, 4.69) is 4.98 Å². The second-order valence-corrected chi connectivity index (χ2v) is 6.05. The zero-order valence-electron chi connectivity index (χ0n) is 12.2. The molecule has 0 aliphatic carbocycles. The number of fused-ring (bicyclic) bond motifs is 1. The third kappa shape index (κ3) is 2.38. The summed E-state index contributed by atoms with van der Waals surface area (Å²) in [4.78, 5) is 18.8. The van der Waals surface area contributed by atoms with E-state index in [1.165, 1.54) is 0 Å². The standard InChI is InChI=1S/C17H14ClN3O2/c18-11-6-7-14-15(8-11)21(12-4-2-1-3-5-12)17(23)19-16(14)20-9-13(22)10-20/h1-8,13,22H,9-10H2. The number of para-hydroxylation sites is 1. The Morgan fingerprint density at radius 1 is 1.13 bits per heavy atom. The molecule has 5 nitrogen and oxygen atoms in total. The van der Waals surface area contributed by atoms with Gasteiger partial charge in [-0.3, -0.25) is 4.57 Å². The Labute approximate surface area is 137 Å². The first-order chi connectivity index (χ1) is 11.1. The molecule has 0 unspecified atom stereocenters. The van der Waals surface area contributed by atoms with Crippen LogP contribution in [0.4, 0.5) is 5.82 Å². The van der Waals surface area contributed by atoms with Crippen LogP contribution in [0.25, 0.3) is 16.6 Å². The molecule has 2 aromatic carbocycles. The van der Waals surface area contributed by atoms with Crippen molar-refractivity contribution in [1.82, 2.24) is 9.55 Å². The Bertz CT molecular complexity index is 934. The largest absolute Gasteiger partial charge is 0.389 e.